The van der Waals surface area contributed by atoms with Crippen LogP contribution in [0.1, 0.15) is 16.8 Å². The van der Waals surface area contributed by atoms with E-state index < -0.39 is 6.29 Å². The highest BCUT2D eigenvalue weighted by molar-refractivity contribution is 6.10. The first-order valence-corrected chi connectivity index (χ1v) is 6.26. The molecular formula is C16H16O4. The number of hydrogen-bond acceptors (Lipinski definition) is 4. The summed E-state index contributed by atoms with van der Waals surface area (Å²) in [6.07, 6.45) is -1.22. The lowest BCUT2D eigenvalue weighted by atomic mass is 10.0. The lowest BCUT2D eigenvalue weighted by Gasteiger charge is -2.11. The average Bonchev–Trinajstić information content (AvgIpc) is 2.48. The van der Waals surface area contributed by atoms with Crippen LogP contribution in [0.15, 0.2) is 42.5 Å². The van der Waals surface area contributed by atoms with Crippen LogP contribution < -0.4 is 0 Å². The van der Waals surface area contributed by atoms with E-state index in [-0.39, 0.29) is 18.0 Å². The van der Waals surface area contributed by atoms with Gasteiger partial charge in [0, 0.05) is 19.8 Å². The minimum absolute atomic E-state index is 0.231. The maximum absolute atomic E-state index is 12.1. The van der Waals surface area contributed by atoms with Gasteiger partial charge in [0.2, 0.25) is 6.29 Å². The third kappa shape index (κ3) is 3.10. The third-order valence-electron chi connectivity index (χ3n) is 3.10. The predicted molar refractivity (Wildman–Crippen MR) is 75.7 cm³/mol. The Morgan fingerprint density at radius 3 is 2.30 bits per heavy atom. The number of carbonyl (C=O) groups is 2. The van der Waals surface area contributed by atoms with Crippen LogP contribution in [0.5, 0.6) is 0 Å². The molecule has 0 unspecified atom stereocenters. The Bertz CT molecular complexity index is 629. The zero-order valence-electron chi connectivity index (χ0n) is 11.5. The summed E-state index contributed by atoms with van der Waals surface area (Å²) < 4.78 is 9.69. The lowest BCUT2D eigenvalue weighted by Crippen LogP contribution is -2.27. The molecule has 0 aromatic heterocycles. The highest BCUT2D eigenvalue weighted by Crippen LogP contribution is 2.17. The molecule has 0 aliphatic heterocycles. The summed E-state index contributed by atoms with van der Waals surface area (Å²) >= 11 is 0. The highest BCUT2D eigenvalue weighted by atomic mass is 16.7. The van der Waals surface area contributed by atoms with Crippen LogP contribution in [0.4, 0.5) is 0 Å². The molecule has 0 aliphatic carbocycles. The molecule has 20 heavy (non-hydrogen) atoms. The number of ketones is 2. The lowest BCUT2D eigenvalue weighted by molar-refractivity contribution is -0.155. The Kier molecular flexibility index (Phi) is 4.61. The van der Waals surface area contributed by atoms with Crippen molar-refractivity contribution >= 4 is 22.3 Å². The number of methoxy groups -OCH3 is 2. The molecular weight excluding hydrogens is 256 g/mol. The first-order valence-electron chi connectivity index (χ1n) is 6.26. The molecule has 2 aromatic rings. The van der Waals surface area contributed by atoms with Gasteiger partial charge < -0.3 is 9.47 Å². The van der Waals surface area contributed by atoms with Crippen molar-refractivity contribution in [1.29, 1.82) is 0 Å². The zero-order chi connectivity index (χ0) is 14.5. The quantitative estimate of drug-likeness (QED) is 0.461. The third-order valence-corrected chi connectivity index (χ3v) is 3.10. The summed E-state index contributed by atoms with van der Waals surface area (Å²) in [6, 6.07) is 13.1. The molecule has 4 nitrogen and oxygen atoms in total. The van der Waals surface area contributed by atoms with E-state index in [4.69, 9.17) is 9.47 Å². The molecule has 0 fully saturated rings. The number of benzene rings is 2. The van der Waals surface area contributed by atoms with Crippen molar-refractivity contribution in [2.45, 2.75) is 12.7 Å². The highest BCUT2D eigenvalue weighted by Gasteiger charge is 2.20. The molecule has 0 aliphatic rings. The van der Waals surface area contributed by atoms with E-state index in [0.717, 1.165) is 10.8 Å². The standard InChI is InChI=1S/C16H16O4/c1-19-16(20-2)15(18)10-14(17)13-8-7-11-5-3-4-6-12(11)9-13/h3-9,16H,10H2,1-2H3. The van der Waals surface area contributed by atoms with Crippen molar-refractivity contribution in [1.82, 2.24) is 0 Å². The molecule has 0 spiro atoms. The molecule has 104 valence electrons. The van der Waals surface area contributed by atoms with Crippen LogP contribution in [-0.4, -0.2) is 32.1 Å². The van der Waals surface area contributed by atoms with Gasteiger partial charge in [-0.15, -0.1) is 0 Å². The molecule has 4 heteroatoms. The first kappa shape index (κ1) is 14.4. The monoisotopic (exact) mass is 272 g/mol. The molecule has 0 saturated carbocycles. The summed E-state index contributed by atoms with van der Waals surface area (Å²) in [7, 11) is 2.74. The van der Waals surface area contributed by atoms with Crippen LogP contribution >= 0.6 is 0 Å². The van der Waals surface area contributed by atoms with Gasteiger partial charge in [0.25, 0.3) is 0 Å². The fourth-order valence-electron chi connectivity index (χ4n) is 2.07. The number of hydrogen-bond donors (Lipinski definition) is 0. The van der Waals surface area contributed by atoms with E-state index in [1.54, 1.807) is 12.1 Å². The fourth-order valence-corrected chi connectivity index (χ4v) is 2.07. The van der Waals surface area contributed by atoms with E-state index in [2.05, 4.69) is 0 Å². The van der Waals surface area contributed by atoms with Crippen molar-refractivity contribution in [2.75, 3.05) is 14.2 Å². The number of fused-ring (bicyclic) bond motifs is 1. The van der Waals surface area contributed by atoms with Gasteiger partial charge in [-0.3, -0.25) is 9.59 Å². The van der Waals surface area contributed by atoms with Gasteiger partial charge in [-0.1, -0.05) is 36.4 Å². The van der Waals surface area contributed by atoms with Gasteiger partial charge >= 0.3 is 0 Å². The van der Waals surface area contributed by atoms with E-state index in [0.29, 0.717) is 5.56 Å². The number of rotatable bonds is 6. The predicted octanol–water partition coefficient (Wildman–Crippen LogP) is 2.60. The van der Waals surface area contributed by atoms with Crippen LogP contribution in [0.2, 0.25) is 0 Å². The minimum atomic E-state index is -0.987. The Labute approximate surface area is 117 Å². The Hall–Kier alpha value is -2.04. The Morgan fingerprint density at radius 2 is 1.65 bits per heavy atom. The minimum Gasteiger partial charge on any atom is -0.349 e. The Morgan fingerprint density at radius 1 is 1.00 bits per heavy atom. The molecule has 0 atom stereocenters. The summed E-state index contributed by atoms with van der Waals surface area (Å²) in [6.45, 7) is 0. The molecule has 0 bridgehead atoms. The maximum atomic E-state index is 12.1. The van der Waals surface area contributed by atoms with Crippen molar-refractivity contribution < 1.29 is 19.1 Å². The van der Waals surface area contributed by atoms with Crippen LogP contribution in [0.3, 0.4) is 0 Å². The first-order chi connectivity index (χ1) is 9.65. The largest absolute Gasteiger partial charge is 0.349 e. The van der Waals surface area contributed by atoms with E-state index in [1.807, 2.05) is 30.3 Å². The molecule has 0 radical (unpaired) electrons. The number of ether oxygens (including phenoxy) is 2. The van der Waals surface area contributed by atoms with Gasteiger partial charge in [-0.2, -0.15) is 0 Å². The molecule has 2 rings (SSSR count). The smallest absolute Gasteiger partial charge is 0.217 e. The van der Waals surface area contributed by atoms with Gasteiger partial charge in [0.05, 0.1) is 6.42 Å². The summed E-state index contributed by atoms with van der Waals surface area (Å²) in [5.74, 6) is -0.618. The zero-order valence-corrected chi connectivity index (χ0v) is 11.5. The van der Waals surface area contributed by atoms with Crippen molar-refractivity contribution in [3.8, 4) is 0 Å². The van der Waals surface area contributed by atoms with Crippen LogP contribution in [0, 0.1) is 0 Å². The second kappa shape index (κ2) is 6.41. The second-order valence-corrected chi connectivity index (χ2v) is 4.43. The van der Waals surface area contributed by atoms with E-state index >= 15 is 0 Å². The van der Waals surface area contributed by atoms with E-state index in [9.17, 15) is 9.59 Å². The maximum Gasteiger partial charge on any atom is 0.217 e. The molecule has 0 saturated heterocycles. The Balaban J connectivity index is 2.17. The topological polar surface area (TPSA) is 52.6 Å². The molecule has 2 aromatic carbocycles. The van der Waals surface area contributed by atoms with Gasteiger partial charge in [-0.25, -0.2) is 0 Å². The van der Waals surface area contributed by atoms with Gasteiger partial charge in [0.15, 0.2) is 11.6 Å². The normalized spacial score (nSPS) is 10.9. The number of carbonyl (C=O) groups excluding carboxylic acids is 2. The summed E-state index contributed by atoms with van der Waals surface area (Å²) in [4.78, 5) is 23.9. The van der Waals surface area contributed by atoms with Crippen molar-refractivity contribution in [3.63, 3.8) is 0 Å². The van der Waals surface area contributed by atoms with Gasteiger partial charge in [0.1, 0.15) is 0 Å². The average molecular weight is 272 g/mol. The second-order valence-electron chi connectivity index (χ2n) is 4.43. The van der Waals surface area contributed by atoms with Crippen LogP contribution in [0.25, 0.3) is 10.8 Å². The SMILES string of the molecule is COC(OC)C(=O)CC(=O)c1ccc2ccccc2c1. The number of Topliss-reactive ketones (excluding diaryl/α,β-unsaturated/α-hetero) is 2. The van der Waals surface area contributed by atoms with Gasteiger partial charge in [-0.05, 0) is 16.8 Å². The van der Waals surface area contributed by atoms with Crippen molar-refractivity contribution in [3.05, 3.63) is 48.0 Å². The van der Waals surface area contributed by atoms with E-state index in [1.165, 1.54) is 14.2 Å². The molecule has 0 amide bonds. The summed E-state index contributed by atoms with van der Waals surface area (Å²) in [5, 5.41) is 2.03. The van der Waals surface area contributed by atoms with Crippen molar-refractivity contribution in [2.24, 2.45) is 0 Å². The fraction of sp³-hybridized carbons (Fsp3) is 0.250. The molecule has 0 N–H and O–H groups in total. The van der Waals surface area contributed by atoms with Crippen LogP contribution in [-0.2, 0) is 14.3 Å². The summed E-state index contributed by atoms with van der Waals surface area (Å²) in [5.41, 5.74) is 0.517. The molecule has 0 heterocycles.